The van der Waals surface area contributed by atoms with Crippen LogP contribution in [0.25, 0.3) is 17.1 Å². The van der Waals surface area contributed by atoms with Gasteiger partial charge in [0.15, 0.2) is 0 Å². The summed E-state index contributed by atoms with van der Waals surface area (Å²) in [5.74, 6) is 0.838. The smallest absolute Gasteiger partial charge is 0.342 e. The molecule has 4 rings (SSSR count). The van der Waals surface area contributed by atoms with Crippen LogP contribution in [-0.4, -0.2) is 32.7 Å². The lowest BCUT2D eigenvalue weighted by Crippen LogP contribution is -2.34. The highest BCUT2D eigenvalue weighted by atomic mass is 35.5. The summed E-state index contributed by atoms with van der Waals surface area (Å²) >= 11 is 7.38. The number of phenols is 1. The maximum Gasteiger partial charge on any atom is 0.342 e. The van der Waals surface area contributed by atoms with Crippen LogP contribution in [0, 0.1) is 6.92 Å². The van der Waals surface area contributed by atoms with Crippen LogP contribution in [0.2, 0.25) is 5.02 Å². The molecule has 0 aliphatic rings. The lowest BCUT2D eigenvalue weighted by Gasteiger charge is -2.05. The number of carbonyl (C=O) groups excluding carboxylic acids is 1. The fraction of sp³-hybridized carbons (Fsp3) is 0.120. The molecule has 172 valence electrons. The molecule has 0 saturated heterocycles. The summed E-state index contributed by atoms with van der Waals surface area (Å²) in [7, 11) is 0. The molecule has 4 aromatic rings. The number of aromatic hydroxyl groups is 1. The number of rotatable bonds is 7. The van der Waals surface area contributed by atoms with E-state index in [1.165, 1.54) is 11.8 Å². The van der Waals surface area contributed by atoms with Crippen LogP contribution in [-0.2, 0) is 4.79 Å². The van der Waals surface area contributed by atoms with Crippen molar-refractivity contribution < 1.29 is 14.5 Å². The minimum Gasteiger partial charge on any atom is -0.508 e. The molecule has 0 radical (unpaired) electrons. The topological polar surface area (TPSA) is 94.2 Å². The molecule has 34 heavy (non-hydrogen) atoms. The Kier molecular flexibility index (Phi) is 7.30. The Morgan fingerprint density at radius 1 is 1.09 bits per heavy atom. The van der Waals surface area contributed by atoms with Gasteiger partial charge in [-0.25, -0.2) is 5.43 Å². The Bertz CT molecular complexity index is 1320. The maximum atomic E-state index is 12.5. The van der Waals surface area contributed by atoms with E-state index in [2.05, 4.69) is 20.7 Å². The van der Waals surface area contributed by atoms with Crippen molar-refractivity contribution in [3.05, 3.63) is 88.9 Å². The number of H-pyrrole nitrogens is 1. The number of hydrogen-bond donors (Lipinski definition) is 3. The monoisotopic (exact) mass is 492 g/mol. The van der Waals surface area contributed by atoms with E-state index >= 15 is 0 Å². The molecule has 0 atom stereocenters. The number of hydrogen-bond acceptors (Lipinski definition) is 5. The summed E-state index contributed by atoms with van der Waals surface area (Å²) in [6.07, 6.45) is 0. The van der Waals surface area contributed by atoms with E-state index in [1.54, 1.807) is 31.2 Å². The zero-order chi connectivity index (χ0) is 24.1. The number of carbonyl (C=O) groups is 1. The third kappa shape index (κ3) is 5.65. The first-order chi connectivity index (χ1) is 16.4. The predicted molar refractivity (Wildman–Crippen MR) is 134 cm³/mol. The van der Waals surface area contributed by atoms with Crippen molar-refractivity contribution in [3.63, 3.8) is 0 Å². The van der Waals surface area contributed by atoms with E-state index < -0.39 is 0 Å². The van der Waals surface area contributed by atoms with E-state index in [9.17, 15) is 9.90 Å². The highest BCUT2D eigenvalue weighted by Crippen LogP contribution is 2.21. The predicted octanol–water partition coefficient (Wildman–Crippen LogP) is 4.65. The zero-order valence-corrected chi connectivity index (χ0v) is 20.2. The third-order valence-electron chi connectivity index (χ3n) is 5.05. The molecule has 0 aliphatic heterocycles. The van der Waals surface area contributed by atoms with Crippen molar-refractivity contribution in [2.24, 2.45) is 5.10 Å². The third-order valence-corrected chi connectivity index (χ3v) is 6.24. The first-order valence-electron chi connectivity index (χ1n) is 10.5. The number of nitrogens with one attached hydrogen (secondary N) is 2. The summed E-state index contributed by atoms with van der Waals surface area (Å²) in [4.78, 5) is 12.5. The Hall–Kier alpha value is -3.62. The zero-order valence-electron chi connectivity index (χ0n) is 18.6. The van der Waals surface area contributed by atoms with Gasteiger partial charge in [-0.15, -0.1) is 5.10 Å². The summed E-state index contributed by atoms with van der Waals surface area (Å²) in [5, 5.41) is 22.4. The summed E-state index contributed by atoms with van der Waals surface area (Å²) in [6.45, 7) is 3.82. The molecule has 0 aliphatic carbocycles. The van der Waals surface area contributed by atoms with Gasteiger partial charge in [-0.05, 0) is 91.8 Å². The highest BCUT2D eigenvalue weighted by Gasteiger charge is 2.24. The van der Waals surface area contributed by atoms with Crippen molar-refractivity contribution in [1.82, 2.24) is 15.6 Å². The Morgan fingerprint density at radius 3 is 2.44 bits per heavy atom. The number of benzene rings is 3. The van der Waals surface area contributed by atoms with Gasteiger partial charge < -0.3 is 5.11 Å². The van der Waals surface area contributed by atoms with Crippen LogP contribution in [0.15, 0.2) is 83.1 Å². The van der Waals surface area contributed by atoms with E-state index in [-0.39, 0.29) is 17.4 Å². The molecule has 1 amide bonds. The summed E-state index contributed by atoms with van der Waals surface area (Å²) in [6, 6.07) is 22.2. The van der Waals surface area contributed by atoms with E-state index in [4.69, 9.17) is 11.6 Å². The molecular weight excluding hydrogens is 470 g/mol. The number of amides is 1. The normalized spacial score (nSPS) is 11.4. The molecule has 1 heterocycles. The number of aromatic nitrogens is 3. The fourth-order valence-electron chi connectivity index (χ4n) is 3.20. The molecule has 0 bridgehead atoms. The lowest BCUT2D eigenvalue weighted by molar-refractivity contribution is -0.625. The largest absolute Gasteiger partial charge is 0.508 e. The number of hydrazone groups is 1. The van der Waals surface area contributed by atoms with Crippen LogP contribution in [0.5, 0.6) is 5.75 Å². The molecule has 3 N–H and O–H groups in total. The minimum absolute atomic E-state index is 0.123. The maximum absolute atomic E-state index is 12.5. The van der Waals surface area contributed by atoms with Crippen LogP contribution in [0.3, 0.4) is 0 Å². The van der Waals surface area contributed by atoms with Crippen molar-refractivity contribution in [3.8, 4) is 22.8 Å². The molecule has 0 saturated carbocycles. The summed E-state index contributed by atoms with van der Waals surface area (Å²) < 4.78 is 1.96. The Balaban J connectivity index is 1.52. The van der Waals surface area contributed by atoms with Gasteiger partial charge in [0.2, 0.25) is 0 Å². The second kappa shape index (κ2) is 10.5. The van der Waals surface area contributed by atoms with Gasteiger partial charge >= 0.3 is 5.16 Å². The van der Waals surface area contributed by atoms with Gasteiger partial charge in [-0.3, -0.25) is 4.79 Å². The average molecular weight is 493 g/mol. The second-order valence-electron chi connectivity index (χ2n) is 7.60. The van der Waals surface area contributed by atoms with Crippen molar-refractivity contribution >= 4 is 35.0 Å². The number of aromatic amines is 1. The number of nitrogens with zero attached hydrogens (tertiary/aromatic N) is 3. The van der Waals surface area contributed by atoms with Gasteiger partial charge in [0.05, 0.1) is 22.1 Å². The number of thioether (sulfide) groups is 1. The molecule has 0 fully saturated rings. The number of halogens is 1. The number of phenolic OH excluding ortho intramolecular Hbond substituents is 1. The van der Waals surface area contributed by atoms with Crippen molar-refractivity contribution in [1.29, 1.82) is 0 Å². The van der Waals surface area contributed by atoms with Crippen LogP contribution in [0.1, 0.15) is 18.1 Å². The SMILES string of the molecule is C/C(=N\NC(=O)CSc1n[nH]c(-c2ccc(C)cc2)[n+]1-c1ccc(Cl)cc1)c1ccc(O)cc1. The first-order valence-corrected chi connectivity index (χ1v) is 11.9. The highest BCUT2D eigenvalue weighted by molar-refractivity contribution is 7.99. The first kappa shape index (κ1) is 23.5. The van der Waals surface area contributed by atoms with Gasteiger partial charge in [-0.1, -0.05) is 29.3 Å². The molecule has 1 aromatic heterocycles. The standard InChI is InChI=1S/C25H22ClN5O2S/c1-16-3-5-19(6-4-16)24-29-30-25(31(24)21-11-9-20(26)10-12-21)34-15-23(33)28-27-17(2)18-7-13-22(32)14-8-18/h3-14H,15H2,1-2H3,(H2,27,28,32,33)/p+1. The average Bonchev–Trinajstić information content (AvgIpc) is 3.26. The van der Waals surface area contributed by atoms with E-state index in [1.807, 2.05) is 60.0 Å². The van der Waals surface area contributed by atoms with E-state index in [0.29, 0.717) is 15.9 Å². The fourth-order valence-corrected chi connectivity index (χ4v) is 4.09. The molecule has 0 spiro atoms. The molecule has 3 aromatic carbocycles. The lowest BCUT2D eigenvalue weighted by atomic mass is 10.1. The summed E-state index contributed by atoms with van der Waals surface area (Å²) in [5.41, 5.74) is 7.03. The second-order valence-corrected chi connectivity index (χ2v) is 8.98. The van der Waals surface area contributed by atoms with Crippen LogP contribution < -0.4 is 9.99 Å². The van der Waals surface area contributed by atoms with Gasteiger partial charge in [-0.2, -0.15) is 9.67 Å². The Morgan fingerprint density at radius 2 is 1.76 bits per heavy atom. The molecule has 9 heteroatoms. The van der Waals surface area contributed by atoms with Crippen LogP contribution >= 0.6 is 23.4 Å². The van der Waals surface area contributed by atoms with Crippen molar-refractivity contribution in [2.45, 2.75) is 19.0 Å². The van der Waals surface area contributed by atoms with Crippen molar-refractivity contribution in [2.75, 3.05) is 5.75 Å². The molecule has 0 unspecified atom stereocenters. The van der Waals surface area contributed by atoms with Gasteiger partial charge in [0.25, 0.3) is 11.7 Å². The molecular formula is C25H23ClN5O2S+. The minimum atomic E-state index is -0.259. The number of aryl methyl sites for hydroxylation is 1. The Labute approximate surface area is 206 Å². The van der Waals surface area contributed by atoms with Gasteiger partial charge in [0, 0.05) is 5.02 Å². The van der Waals surface area contributed by atoms with Gasteiger partial charge in [0.1, 0.15) is 11.4 Å². The van der Waals surface area contributed by atoms with E-state index in [0.717, 1.165) is 28.2 Å². The molecule has 7 nitrogen and oxygen atoms in total. The van der Waals surface area contributed by atoms with Crippen LogP contribution in [0.4, 0.5) is 0 Å². The quantitative estimate of drug-likeness (QED) is 0.151.